The van der Waals surface area contributed by atoms with Crippen LogP contribution < -0.4 is 4.90 Å². The molecule has 21 heavy (non-hydrogen) atoms. The van der Waals surface area contributed by atoms with Gasteiger partial charge in [0.15, 0.2) is 0 Å². The van der Waals surface area contributed by atoms with Gasteiger partial charge in [-0.3, -0.25) is 14.9 Å². The summed E-state index contributed by atoms with van der Waals surface area (Å²) in [6.07, 6.45) is 0.847. The average Bonchev–Trinajstić information content (AvgIpc) is 2.94. The first kappa shape index (κ1) is 15.2. The highest BCUT2D eigenvalue weighted by atomic mass is 16.6. The lowest BCUT2D eigenvalue weighted by Gasteiger charge is -2.32. The van der Waals surface area contributed by atoms with E-state index in [-0.39, 0.29) is 18.3 Å². The molecule has 1 aliphatic heterocycles. The molecule has 0 aromatic heterocycles. The van der Waals surface area contributed by atoms with E-state index in [1.54, 1.807) is 12.1 Å². The van der Waals surface area contributed by atoms with E-state index in [0.29, 0.717) is 13.2 Å². The van der Waals surface area contributed by atoms with Crippen LogP contribution in [-0.4, -0.2) is 41.8 Å². The number of nitro groups is 1. The van der Waals surface area contributed by atoms with E-state index in [1.807, 2.05) is 11.8 Å². The van der Waals surface area contributed by atoms with Gasteiger partial charge in [0.2, 0.25) is 0 Å². The van der Waals surface area contributed by atoms with Gasteiger partial charge in [0.05, 0.1) is 24.2 Å². The zero-order chi connectivity index (χ0) is 15.4. The molecule has 2 rings (SSSR count). The Morgan fingerprint density at radius 1 is 1.43 bits per heavy atom. The Balaban J connectivity index is 2.25. The zero-order valence-electron chi connectivity index (χ0n) is 11.8. The van der Waals surface area contributed by atoms with Crippen LogP contribution in [-0.2, 0) is 9.53 Å². The molecule has 7 heteroatoms. The van der Waals surface area contributed by atoms with Gasteiger partial charge in [-0.1, -0.05) is 6.92 Å². The van der Waals surface area contributed by atoms with Crippen LogP contribution in [0, 0.1) is 16.0 Å². The summed E-state index contributed by atoms with van der Waals surface area (Å²) >= 11 is 0. The first-order valence-electron chi connectivity index (χ1n) is 6.86. The standard InChI is InChI=1S/C14H18N2O5/c1-2-7-15(13-9-21-8-12(13)14(17)18)10-3-5-11(6-4-10)16(19)20/h3-6,12-13H,2,7-9H2,1H3,(H,17,18). The number of hydrogen-bond acceptors (Lipinski definition) is 5. The first-order chi connectivity index (χ1) is 10.0. The van der Waals surface area contributed by atoms with Gasteiger partial charge in [-0.15, -0.1) is 0 Å². The Bertz CT molecular complexity index is 517. The van der Waals surface area contributed by atoms with Gasteiger partial charge in [0.25, 0.3) is 5.69 Å². The molecule has 2 atom stereocenters. The topological polar surface area (TPSA) is 92.9 Å². The lowest BCUT2D eigenvalue weighted by Crippen LogP contribution is -2.43. The predicted octanol–water partition coefficient (Wildman–Crippen LogP) is 1.91. The van der Waals surface area contributed by atoms with Crippen LogP contribution in [0.15, 0.2) is 24.3 Å². The Kier molecular flexibility index (Phi) is 4.74. The molecule has 2 unspecified atom stereocenters. The maximum Gasteiger partial charge on any atom is 0.311 e. The molecule has 1 fully saturated rings. The minimum Gasteiger partial charge on any atom is -0.481 e. The number of anilines is 1. The van der Waals surface area contributed by atoms with Crippen LogP contribution in [0.2, 0.25) is 0 Å². The summed E-state index contributed by atoms with van der Waals surface area (Å²) in [5.74, 6) is -1.45. The van der Waals surface area contributed by atoms with Crippen molar-refractivity contribution in [3.8, 4) is 0 Å². The first-order valence-corrected chi connectivity index (χ1v) is 6.86. The van der Waals surface area contributed by atoms with Crippen LogP contribution >= 0.6 is 0 Å². The largest absolute Gasteiger partial charge is 0.481 e. The molecule has 114 valence electrons. The molecule has 0 spiro atoms. The lowest BCUT2D eigenvalue weighted by molar-refractivity contribution is -0.384. The van der Waals surface area contributed by atoms with Gasteiger partial charge < -0.3 is 14.7 Å². The number of nitro benzene ring substituents is 1. The number of hydrogen-bond donors (Lipinski definition) is 1. The number of carboxylic acid groups (broad SMARTS) is 1. The summed E-state index contributed by atoms with van der Waals surface area (Å²) in [7, 11) is 0. The lowest BCUT2D eigenvalue weighted by atomic mass is 10.0. The minimum atomic E-state index is -0.875. The van der Waals surface area contributed by atoms with Crippen LogP contribution in [0.5, 0.6) is 0 Å². The van der Waals surface area contributed by atoms with Crippen molar-refractivity contribution in [1.29, 1.82) is 0 Å². The van der Waals surface area contributed by atoms with Crippen molar-refractivity contribution in [1.82, 2.24) is 0 Å². The SMILES string of the molecule is CCCN(c1ccc([N+](=O)[O-])cc1)C1COCC1C(=O)O. The molecule has 0 saturated carbocycles. The fraction of sp³-hybridized carbons (Fsp3) is 0.500. The van der Waals surface area contributed by atoms with Crippen molar-refractivity contribution in [3.63, 3.8) is 0 Å². The molecule has 1 aromatic rings. The molecule has 1 N–H and O–H groups in total. The molecule has 0 bridgehead atoms. The van der Waals surface area contributed by atoms with E-state index in [2.05, 4.69) is 0 Å². The maximum absolute atomic E-state index is 11.3. The molecule has 1 heterocycles. The van der Waals surface area contributed by atoms with Crippen molar-refractivity contribution >= 4 is 17.3 Å². The molecule has 1 aliphatic rings. The monoisotopic (exact) mass is 294 g/mol. The number of non-ortho nitro benzene ring substituents is 1. The quantitative estimate of drug-likeness (QED) is 0.636. The highest BCUT2D eigenvalue weighted by molar-refractivity contribution is 5.72. The second-order valence-electron chi connectivity index (χ2n) is 5.02. The second-order valence-corrected chi connectivity index (χ2v) is 5.02. The summed E-state index contributed by atoms with van der Waals surface area (Å²) < 4.78 is 5.31. The summed E-state index contributed by atoms with van der Waals surface area (Å²) in [6, 6.07) is 5.94. The number of carbonyl (C=O) groups is 1. The van der Waals surface area contributed by atoms with Crippen molar-refractivity contribution < 1.29 is 19.6 Å². The summed E-state index contributed by atoms with van der Waals surface area (Å²) in [5.41, 5.74) is 0.803. The summed E-state index contributed by atoms with van der Waals surface area (Å²) in [5, 5.41) is 20.0. The number of nitrogens with zero attached hydrogens (tertiary/aromatic N) is 2. The molecule has 0 amide bonds. The van der Waals surface area contributed by atoms with Crippen molar-refractivity contribution in [2.45, 2.75) is 19.4 Å². The number of ether oxygens (including phenoxy) is 1. The van der Waals surface area contributed by atoms with Gasteiger partial charge in [-0.25, -0.2) is 0 Å². The molecule has 7 nitrogen and oxygen atoms in total. The van der Waals surface area contributed by atoms with Gasteiger partial charge in [-0.05, 0) is 18.6 Å². The maximum atomic E-state index is 11.3. The highest BCUT2D eigenvalue weighted by Crippen LogP contribution is 2.27. The Morgan fingerprint density at radius 2 is 2.10 bits per heavy atom. The Hall–Kier alpha value is -2.15. The number of aliphatic carboxylic acids is 1. The van der Waals surface area contributed by atoms with Crippen LogP contribution in [0.3, 0.4) is 0 Å². The van der Waals surface area contributed by atoms with Crippen LogP contribution in [0.1, 0.15) is 13.3 Å². The molecule has 0 radical (unpaired) electrons. The smallest absolute Gasteiger partial charge is 0.311 e. The van der Waals surface area contributed by atoms with E-state index in [4.69, 9.17) is 4.74 Å². The molecular formula is C14H18N2O5. The normalized spacial score (nSPS) is 21.2. The van der Waals surface area contributed by atoms with E-state index in [1.165, 1.54) is 12.1 Å². The van der Waals surface area contributed by atoms with Gasteiger partial charge >= 0.3 is 5.97 Å². The van der Waals surface area contributed by atoms with Crippen molar-refractivity contribution in [3.05, 3.63) is 34.4 Å². The van der Waals surface area contributed by atoms with E-state index < -0.39 is 16.8 Å². The molecular weight excluding hydrogens is 276 g/mol. The molecule has 1 saturated heterocycles. The third kappa shape index (κ3) is 3.30. The van der Waals surface area contributed by atoms with E-state index >= 15 is 0 Å². The molecule has 1 aromatic carbocycles. The van der Waals surface area contributed by atoms with Gasteiger partial charge in [-0.2, -0.15) is 0 Å². The number of carboxylic acids is 1. The van der Waals surface area contributed by atoms with Crippen LogP contribution in [0.4, 0.5) is 11.4 Å². The fourth-order valence-corrected chi connectivity index (χ4v) is 2.58. The van der Waals surface area contributed by atoms with Crippen LogP contribution in [0.25, 0.3) is 0 Å². The van der Waals surface area contributed by atoms with Gasteiger partial charge in [0, 0.05) is 24.4 Å². The third-order valence-electron chi connectivity index (χ3n) is 3.62. The Labute approximate surface area is 122 Å². The van der Waals surface area contributed by atoms with E-state index in [9.17, 15) is 20.0 Å². The predicted molar refractivity (Wildman–Crippen MR) is 76.5 cm³/mol. The third-order valence-corrected chi connectivity index (χ3v) is 3.62. The second kappa shape index (κ2) is 6.53. The number of rotatable bonds is 6. The highest BCUT2D eigenvalue weighted by Gasteiger charge is 2.38. The molecule has 0 aliphatic carbocycles. The summed E-state index contributed by atoms with van der Waals surface area (Å²) in [4.78, 5) is 23.5. The number of benzene rings is 1. The van der Waals surface area contributed by atoms with Crippen molar-refractivity contribution in [2.24, 2.45) is 5.92 Å². The summed E-state index contributed by atoms with van der Waals surface area (Å²) in [6.45, 7) is 3.24. The van der Waals surface area contributed by atoms with E-state index in [0.717, 1.165) is 12.1 Å². The fourth-order valence-electron chi connectivity index (χ4n) is 2.58. The minimum absolute atomic E-state index is 0.0210. The average molecular weight is 294 g/mol. The van der Waals surface area contributed by atoms with Gasteiger partial charge in [0.1, 0.15) is 5.92 Å². The zero-order valence-corrected chi connectivity index (χ0v) is 11.8. The Morgan fingerprint density at radius 3 is 2.62 bits per heavy atom. The van der Waals surface area contributed by atoms with Crippen molar-refractivity contribution in [2.75, 3.05) is 24.7 Å².